The third kappa shape index (κ3) is 2.50. The van der Waals surface area contributed by atoms with E-state index in [1.165, 1.54) is 24.3 Å². The molecule has 0 aliphatic carbocycles. The summed E-state index contributed by atoms with van der Waals surface area (Å²) >= 11 is 0. The van der Waals surface area contributed by atoms with Gasteiger partial charge in [0.1, 0.15) is 0 Å². The molecule has 0 amide bonds. The van der Waals surface area contributed by atoms with E-state index in [4.69, 9.17) is 0 Å². The minimum absolute atomic E-state index is 0.112. The molecule has 22 heavy (non-hydrogen) atoms. The first-order valence-electron chi connectivity index (χ1n) is 6.82. The van der Waals surface area contributed by atoms with Gasteiger partial charge in [0.25, 0.3) is 0 Å². The highest BCUT2D eigenvalue weighted by Crippen LogP contribution is 2.40. The van der Waals surface area contributed by atoms with Crippen molar-refractivity contribution >= 4 is 0 Å². The van der Waals surface area contributed by atoms with Crippen molar-refractivity contribution < 1.29 is 23.4 Å². The summed E-state index contributed by atoms with van der Waals surface area (Å²) < 4.78 is 39.6. The van der Waals surface area contributed by atoms with E-state index in [9.17, 15) is 23.4 Å². The van der Waals surface area contributed by atoms with Crippen LogP contribution in [0.4, 0.5) is 13.2 Å². The number of aromatic hydroxyl groups is 2. The first kappa shape index (κ1) is 14.7. The fourth-order valence-corrected chi connectivity index (χ4v) is 2.87. The normalized spacial score (nSPS) is 18.0. The Kier molecular flexibility index (Phi) is 3.48. The number of halogens is 3. The van der Waals surface area contributed by atoms with Crippen molar-refractivity contribution in [3.05, 3.63) is 58.7 Å². The molecule has 0 aromatic heterocycles. The molecule has 1 aliphatic rings. The Morgan fingerprint density at radius 2 is 1.68 bits per heavy atom. The van der Waals surface area contributed by atoms with Crippen LogP contribution in [0.15, 0.2) is 36.4 Å². The van der Waals surface area contributed by atoms with Crippen molar-refractivity contribution in [3.8, 4) is 11.5 Å². The lowest BCUT2D eigenvalue weighted by Gasteiger charge is -2.29. The number of phenolic OH excluding ortho intramolecular Hbond substituents is 2. The maximum atomic E-state index is 13.2. The van der Waals surface area contributed by atoms with Crippen LogP contribution in [0.1, 0.15) is 28.3 Å². The van der Waals surface area contributed by atoms with Gasteiger partial charge in [-0.2, -0.15) is 13.2 Å². The second kappa shape index (κ2) is 5.21. The van der Waals surface area contributed by atoms with E-state index in [-0.39, 0.29) is 17.1 Å². The summed E-state index contributed by atoms with van der Waals surface area (Å²) in [6, 6.07) is 7.45. The van der Waals surface area contributed by atoms with Crippen molar-refractivity contribution in [2.75, 3.05) is 6.54 Å². The van der Waals surface area contributed by atoms with Crippen LogP contribution in [-0.2, 0) is 12.6 Å². The number of nitrogens with one attached hydrogen (secondary N) is 1. The van der Waals surface area contributed by atoms with Gasteiger partial charge < -0.3 is 15.5 Å². The minimum atomic E-state index is -4.45. The molecule has 3 nitrogen and oxygen atoms in total. The zero-order chi connectivity index (χ0) is 15.9. The highest BCUT2D eigenvalue weighted by molar-refractivity contribution is 5.51. The maximum absolute atomic E-state index is 13.2. The molecule has 0 saturated carbocycles. The van der Waals surface area contributed by atoms with Crippen LogP contribution in [0, 0.1) is 0 Å². The number of phenols is 2. The molecule has 3 rings (SSSR count). The molecule has 2 aromatic rings. The van der Waals surface area contributed by atoms with Crippen LogP contribution in [0.25, 0.3) is 0 Å². The highest BCUT2D eigenvalue weighted by Gasteiger charge is 2.36. The molecular weight excluding hydrogens is 295 g/mol. The van der Waals surface area contributed by atoms with Gasteiger partial charge in [-0.3, -0.25) is 0 Å². The van der Waals surface area contributed by atoms with E-state index in [0.29, 0.717) is 18.5 Å². The number of hydrogen-bond acceptors (Lipinski definition) is 3. The Labute approximate surface area is 125 Å². The van der Waals surface area contributed by atoms with Gasteiger partial charge in [-0.1, -0.05) is 18.2 Å². The van der Waals surface area contributed by atoms with E-state index in [1.807, 2.05) is 0 Å². The van der Waals surface area contributed by atoms with E-state index in [1.54, 1.807) is 6.07 Å². The van der Waals surface area contributed by atoms with Crippen LogP contribution in [-0.4, -0.2) is 16.8 Å². The summed E-state index contributed by atoms with van der Waals surface area (Å²) in [7, 11) is 0. The number of alkyl halides is 3. The molecular formula is C16H14F3NO2. The van der Waals surface area contributed by atoms with Gasteiger partial charge in [-0.25, -0.2) is 0 Å². The molecule has 0 spiro atoms. The monoisotopic (exact) mass is 309 g/mol. The molecule has 1 unspecified atom stereocenters. The van der Waals surface area contributed by atoms with E-state index in [2.05, 4.69) is 5.32 Å². The molecule has 6 heteroatoms. The van der Waals surface area contributed by atoms with Crippen LogP contribution in [0.2, 0.25) is 0 Å². The van der Waals surface area contributed by atoms with Gasteiger partial charge in [-0.05, 0) is 41.3 Å². The van der Waals surface area contributed by atoms with Gasteiger partial charge in [0.15, 0.2) is 11.5 Å². The summed E-state index contributed by atoms with van der Waals surface area (Å²) in [6.45, 7) is 0.494. The molecule has 0 saturated heterocycles. The molecule has 2 aromatic carbocycles. The van der Waals surface area contributed by atoms with Crippen molar-refractivity contribution in [2.24, 2.45) is 0 Å². The minimum Gasteiger partial charge on any atom is -0.504 e. The summed E-state index contributed by atoms with van der Waals surface area (Å²) in [4.78, 5) is 0. The van der Waals surface area contributed by atoms with Gasteiger partial charge in [0.05, 0.1) is 11.6 Å². The average Bonchev–Trinajstić information content (AvgIpc) is 2.47. The zero-order valence-corrected chi connectivity index (χ0v) is 11.5. The fraction of sp³-hybridized carbons (Fsp3) is 0.250. The predicted molar refractivity (Wildman–Crippen MR) is 74.8 cm³/mol. The average molecular weight is 309 g/mol. The maximum Gasteiger partial charge on any atom is 0.416 e. The number of benzene rings is 2. The quantitative estimate of drug-likeness (QED) is 0.708. The zero-order valence-electron chi connectivity index (χ0n) is 11.5. The molecule has 0 radical (unpaired) electrons. The molecule has 3 N–H and O–H groups in total. The van der Waals surface area contributed by atoms with Gasteiger partial charge in [0.2, 0.25) is 0 Å². The summed E-state index contributed by atoms with van der Waals surface area (Å²) in [5.74, 6) is -0.597. The van der Waals surface area contributed by atoms with E-state index < -0.39 is 17.8 Å². The lowest BCUT2D eigenvalue weighted by molar-refractivity contribution is -0.138. The molecule has 116 valence electrons. The third-order valence-corrected chi connectivity index (χ3v) is 3.87. The van der Waals surface area contributed by atoms with Crippen LogP contribution >= 0.6 is 0 Å². The standard InChI is InChI=1S/C16H14F3NO2/c17-16(18,19)12-4-2-1-3-10(12)15-11-8-14(22)13(21)7-9(11)5-6-20-15/h1-4,7-8,15,20-22H,5-6H2. The summed E-state index contributed by atoms with van der Waals surface area (Å²) in [5.41, 5.74) is 0.697. The second-order valence-electron chi connectivity index (χ2n) is 5.26. The Balaban J connectivity index is 2.15. The van der Waals surface area contributed by atoms with Crippen molar-refractivity contribution in [2.45, 2.75) is 18.6 Å². The Bertz CT molecular complexity index is 713. The largest absolute Gasteiger partial charge is 0.504 e. The Morgan fingerprint density at radius 1 is 1.00 bits per heavy atom. The first-order valence-corrected chi connectivity index (χ1v) is 6.82. The summed E-state index contributed by atoms with van der Waals surface area (Å²) in [5, 5.41) is 22.3. The van der Waals surface area contributed by atoms with Crippen molar-refractivity contribution in [3.63, 3.8) is 0 Å². The lowest BCUT2D eigenvalue weighted by Crippen LogP contribution is -2.32. The molecule has 1 heterocycles. The van der Waals surface area contributed by atoms with Crippen LogP contribution in [0.5, 0.6) is 11.5 Å². The Hall–Kier alpha value is -2.21. The highest BCUT2D eigenvalue weighted by atomic mass is 19.4. The van der Waals surface area contributed by atoms with Crippen molar-refractivity contribution in [1.29, 1.82) is 0 Å². The fourth-order valence-electron chi connectivity index (χ4n) is 2.87. The van der Waals surface area contributed by atoms with Crippen LogP contribution < -0.4 is 5.32 Å². The molecule has 0 bridgehead atoms. The second-order valence-corrected chi connectivity index (χ2v) is 5.26. The first-order chi connectivity index (χ1) is 10.4. The smallest absolute Gasteiger partial charge is 0.416 e. The predicted octanol–water partition coefficient (Wildman–Crippen LogP) is 3.35. The Morgan fingerprint density at radius 3 is 2.41 bits per heavy atom. The number of fused-ring (bicyclic) bond motifs is 1. The van der Waals surface area contributed by atoms with Crippen LogP contribution in [0.3, 0.4) is 0 Å². The third-order valence-electron chi connectivity index (χ3n) is 3.87. The summed E-state index contributed by atoms with van der Waals surface area (Å²) in [6.07, 6.45) is -3.87. The molecule has 1 aliphatic heterocycles. The van der Waals surface area contributed by atoms with Crippen molar-refractivity contribution in [1.82, 2.24) is 5.32 Å². The number of hydrogen-bond donors (Lipinski definition) is 3. The number of rotatable bonds is 1. The lowest BCUT2D eigenvalue weighted by atomic mass is 9.87. The SMILES string of the molecule is Oc1cc2c(cc1O)C(c1ccccc1C(F)(F)F)NCC2. The molecule has 1 atom stereocenters. The van der Waals surface area contributed by atoms with Gasteiger partial charge >= 0.3 is 6.18 Å². The van der Waals surface area contributed by atoms with E-state index in [0.717, 1.165) is 11.6 Å². The topological polar surface area (TPSA) is 52.5 Å². The molecule has 0 fully saturated rings. The van der Waals surface area contributed by atoms with E-state index >= 15 is 0 Å². The van der Waals surface area contributed by atoms with Gasteiger partial charge in [0, 0.05) is 6.54 Å². The van der Waals surface area contributed by atoms with Gasteiger partial charge in [-0.15, -0.1) is 0 Å².